The molecule has 0 N–H and O–H groups in total. The number of hydrogen-bond donors (Lipinski definition) is 0. The molecular formula is C12H22N2. The van der Waals surface area contributed by atoms with Gasteiger partial charge in [-0.05, 0) is 11.8 Å². The topological polar surface area (TPSA) is 6.48 Å². The summed E-state index contributed by atoms with van der Waals surface area (Å²) in [6.07, 6.45) is 6.70. The van der Waals surface area contributed by atoms with Crippen molar-refractivity contribution in [3.8, 4) is 0 Å². The third kappa shape index (κ3) is 4.03. The molecule has 1 heterocycles. The average Bonchev–Trinajstić information content (AvgIpc) is 2.46. The van der Waals surface area contributed by atoms with Crippen LogP contribution >= 0.6 is 0 Å². The van der Waals surface area contributed by atoms with Crippen LogP contribution in [0, 0.1) is 12.1 Å². The van der Waals surface area contributed by atoms with E-state index in [2.05, 4.69) is 56.6 Å². The van der Waals surface area contributed by atoms with Crippen molar-refractivity contribution < 1.29 is 0 Å². The van der Waals surface area contributed by atoms with E-state index in [0.717, 1.165) is 13.1 Å². The molecule has 0 saturated heterocycles. The first-order valence-corrected chi connectivity index (χ1v) is 5.49. The van der Waals surface area contributed by atoms with E-state index in [9.17, 15) is 0 Å². The second kappa shape index (κ2) is 4.72. The highest BCUT2D eigenvalue weighted by atomic mass is 15.3. The van der Waals surface area contributed by atoms with E-state index in [4.69, 9.17) is 0 Å². The van der Waals surface area contributed by atoms with Crippen LogP contribution in [-0.4, -0.2) is 22.9 Å². The van der Waals surface area contributed by atoms with Crippen LogP contribution in [0.2, 0.25) is 0 Å². The Morgan fingerprint density at radius 3 is 2.36 bits per heavy atom. The van der Waals surface area contributed by atoms with E-state index in [1.165, 1.54) is 12.8 Å². The van der Waals surface area contributed by atoms with Gasteiger partial charge < -0.3 is 9.80 Å². The monoisotopic (exact) mass is 194 g/mol. The molecule has 0 atom stereocenters. The van der Waals surface area contributed by atoms with Gasteiger partial charge in [-0.2, -0.15) is 0 Å². The van der Waals surface area contributed by atoms with Crippen molar-refractivity contribution >= 4 is 0 Å². The van der Waals surface area contributed by atoms with E-state index < -0.39 is 0 Å². The van der Waals surface area contributed by atoms with Gasteiger partial charge in [-0.3, -0.25) is 0 Å². The minimum Gasteiger partial charge on any atom is -0.346 e. The van der Waals surface area contributed by atoms with E-state index in [1.807, 2.05) is 0 Å². The molecule has 0 unspecified atom stereocenters. The lowest BCUT2D eigenvalue weighted by Gasteiger charge is -2.26. The summed E-state index contributed by atoms with van der Waals surface area (Å²) in [7, 11) is 0. The van der Waals surface area contributed by atoms with Gasteiger partial charge in [0.2, 0.25) is 6.67 Å². The molecule has 0 amide bonds. The third-order valence-electron chi connectivity index (χ3n) is 2.08. The van der Waals surface area contributed by atoms with Crippen LogP contribution in [0.15, 0.2) is 12.4 Å². The second-order valence-corrected chi connectivity index (χ2v) is 5.13. The van der Waals surface area contributed by atoms with Gasteiger partial charge in [0, 0.05) is 25.5 Å². The smallest absolute Gasteiger partial charge is 0.207 e. The fraction of sp³-hybridized carbons (Fsp3) is 0.750. The maximum atomic E-state index is 3.34. The summed E-state index contributed by atoms with van der Waals surface area (Å²) in [6.45, 7) is 14.4. The van der Waals surface area contributed by atoms with E-state index in [0.29, 0.717) is 5.41 Å². The lowest BCUT2D eigenvalue weighted by atomic mass is 9.96. The highest BCUT2D eigenvalue weighted by Crippen LogP contribution is 2.20. The van der Waals surface area contributed by atoms with Crippen LogP contribution in [0.4, 0.5) is 0 Å². The van der Waals surface area contributed by atoms with Crippen molar-refractivity contribution in [1.82, 2.24) is 9.80 Å². The first-order valence-electron chi connectivity index (χ1n) is 5.49. The summed E-state index contributed by atoms with van der Waals surface area (Å²) < 4.78 is 0. The first-order chi connectivity index (χ1) is 6.51. The molecule has 0 spiro atoms. The highest BCUT2D eigenvalue weighted by Gasteiger charge is 2.19. The summed E-state index contributed by atoms with van der Waals surface area (Å²) in [5.74, 6) is 0. The van der Waals surface area contributed by atoms with Crippen LogP contribution in [0.3, 0.4) is 0 Å². The minimum atomic E-state index is 0.331. The van der Waals surface area contributed by atoms with Crippen LogP contribution in [0.25, 0.3) is 0 Å². The highest BCUT2D eigenvalue weighted by molar-refractivity contribution is 4.98. The Kier molecular flexibility index (Phi) is 3.85. The van der Waals surface area contributed by atoms with Crippen molar-refractivity contribution in [1.29, 1.82) is 0 Å². The Morgan fingerprint density at radius 1 is 1.14 bits per heavy atom. The molecule has 80 valence electrons. The molecule has 0 aliphatic carbocycles. The standard InChI is InChI=1S/C12H22N2/c1-5-6-7-13-8-9-14(11-13)10-12(2,3)4/h8-9H,5-7,10H2,1-4H3. The van der Waals surface area contributed by atoms with Gasteiger partial charge in [0.1, 0.15) is 0 Å². The first kappa shape index (κ1) is 11.4. The van der Waals surface area contributed by atoms with Gasteiger partial charge in [0.15, 0.2) is 0 Å². The van der Waals surface area contributed by atoms with Crippen molar-refractivity contribution in [2.45, 2.75) is 40.5 Å². The van der Waals surface area contributed by atoms with E-state index >= 15 is 0 Å². The lowest BCUT2D eigenvalue weighted by molar-refractivity contribution is 0.254. The lowest BCUT2D eigenvalue weighted by Crippen LogP contribution is -2.28. The van der Waals surface area contributed by atoms with Crippen LogP contribution in [-0.2, 0) is 0 Å². The average molecular weight is 194 g/mol. The molecule has 1 aliphatic heterocycles. The minimum absolute atomic E-state index is 0.331. The molecule has 2 heteroatoms. The van der Waals surface area contributed by atoms with Gasteiger partial charge >= 0.3 is 0 Å². The number of unbranched alkanes of at least 4 members (excludes halogenated alkanes) is 1. The summed E-state index contributed by atoms with van der Waals surface area (Å²) in [5.41, 5.74) is 0.331. The number of nitrogens with zero attached hydrogens (tertiary/aromatic N) is 2. The number of rotatable bonds is 4. The maximum Gasteiger partial charge on any atom is 0.207 e. The van der Waals surface area contributed by atoms with Crippen molar-refractivity contribution in [3.63, 3.8) is 0 Å². The fourth-order valence-corrected chi connectivity index (χ4v) is 1.44. The van der Waals surface area contributed by atoms with Gasteiger partial charge in [0.05, 0.1) is 0 Å². The second-order valence-electron chi connectivity index (χ2n) is 5.13. The zero-order chi connectivity index (χ0) is 10.6. The predicted molar refractivity (Wildman–Crippen MR) is 60.2 cm³/mol. The maximum absolute atomic E-state index is 3.34. The number of hydrogen-bond acceptors (Lipinski definition) is 2. The molecule has 0 aromatic carbocycles. The molecular weight excluding hydrogens is 172 g/mol. The third-order valence-corrected chi connectivity index (χ3v) is 2.08. The summed E-state index contributed by atoms with van der Waals surface area (Å²) in [6, 6.07) is 0. The van der Waals surface area contributed by atoms with Crippen molar-refractivity contribution in [2.24, 2.45) is 5.41 Å². The predicted octanol–water partition coefficient (Wildman–Crippen LogP) is 2.92. The van der Waals surface area contributed by atoms with Crippen molar-refractivity contribution in [2.75, 3.05) is 13.1 Å². The molecule has 0 aromatic rings. The van der Waals surface area contributed by atoms with E-state index in [1.54, 1.807) is 0 Å². The molecule has 2 nitrogen and oxygen atoms in total. The zero-order valence-corrected chi connectivity index (χ0v) is 9.88. The van der Waals surface area contributed by atoms with Gasteiger partial charge in [-0.25, -0.2) is 0 Å². The van der Waals surface area contributed by atoms with Crippen LogP contribution < -0.4 is 0 Å². The molecule has 0 fully saturated rings. The molecule has 0 bridgehead atoms. The Hall–Kier alpha value is -0.660. The Labute approximate surface area is 88.6 Å². The quantitative estimate of drug-likeness (QED) is 0.679. The van der Waals surface area contributed by atoms with E-state index in [-0.39, 0.29) is 0 Å². The Morgan fingerprint density at radius 2 is 1.79 bits per heavy atom. The summed E-state index contributed by atoms with van der Waals surface area (Å²) in [5, 5.41) is 0. The largest absolute Gasteiger partial charge is 0.346 e. The normalized spacial score (nSPS) is 16.9. The SMILES string of the molecule is CCCCN1[C]N(CC(C)(C)C)C=C1. The molecule has 1 aliphatic rings. The van der Waals surface area contributed by atoms with Gasteiger partial charge in [-0.15, -0.1) is 0 Å². The Bertz CT molecular complexity index is 191. The van der Waals surface area contributed by atoms with Crippen LogP contribution in [0.5, 0.6) is 0 Å². The Balaban J connectivity index is 2.25. The molecule has 2 radical (unpaired) electrons. The molecule has 14 heavy (non-hydrogen) atoms. The zero-order valence-electron chi connectivity index (χ0n) is 9.88. The molecule has 0 saturated carbocycles. The summed E-state index contributed by atoms with van der Waals surface area (Å²) >= 11 is 0. The fourth-order valence-electron chi connectivity index (χ4n) is 1.44. The summed E-state index contributed by atoms with van der Waals surface area (Å²) in [4.78, 5) is 4.30. The van der Waals surface area contributed by atoms with Gasteiger partial charge in [-0.1, -0.05) is 34.1 Å². The molecule has 0 aromatic heterocycles. The van der Waals surface area contributed by atoms with Crippen LogP contribution in [0.1, 0.15) is 40.5 Å². The molecule has 1 rings (SSSR count). The van der Waals surface area contributed by atoms with Gasteiger partial charge in [0.25, 0.3) is 0 Å². The van der Waals surface area contributed by atoms with Crippen molar-refractivity contribution in [3.05, 3.63) is 19.1 Å².